The number of ether oxygens (including phenoxy) is 2. The van der Waals surface area contributed by atoms with Gasteiger partial charge in [0.1, 0.15) is 5.75 Å². The first-order chi connectivity index (χ1) is 8.25. The lowest BCUT2D eigenvalue weighted by Crippen LogP contribution is -2.13. The standard InChI is InChI=1S/C13H16O4/c14-13(15)7-11-3-1-2-4-12(11)17-9-10-5-6-16-8-10/h1-4,10H,5-9H2,(H,14,15). The van der Waals surface area contributed by atoms with Crippen LogP contribution in [0.1, 0.15) is 12.0 Å². The van der Waals surface area contributed by atoms with E-state index in [0.29, 0.717) is 18.3 Å². The van der Waals surface area contributed by atoms with Crippen molar-refractivity contribution < 1.29 is 19.4 Å². The second-order valence-electron chi connectivity index (χ2n) is 4.22. The van der Waals surface area contributed by atoms with Crippen molar-refractivity contribution in [3.8, 4) is 5.75 Å². The Kier molecular flexibility index (Phi) is 3.98. The van der Waals surface area contributed by atoms with Gasteiger partial charge in [0.15, 0.2) is 0 Å². The van der Waals surface area contributed by atoms with E-state index < -0.39 is 5.97 Å². The second kappa shape index (κ2) is 5.68. The van der Waals surface area contributed by atoms with Crippen molar-refractivity contribution in [3.63, 3.8) is 0 Å². The molecule has 1 N–H and O–H groups in total. The lowest BCUT2D eigenvalue weighted by Gasteiger charge is -2.13. The van der Waals surface area contributed by atoms with Gasteiger partial charge in [-0.15, -0.1) is 0 Å². The fourth-order valence-electron chi connectivity index (χ4n) is 1.88. The molecule has 1 aliphatic heterocycles. The van der Waals surface area contributed by atoms with E-state index in [4.69, 9.17) is 14.6 Å². The van der Waals surface area contributed by atoms with Crippen molar-refractivity contribution in [1.29, 1.82) is 0 Å². The van der Waals surface area contributed by atoms with E-state index in [9.17, 15) is 4.79 Å². The largest absolute Gasteiger partial charge is 0.493 e. The molecule has 4 heteroatoms. The average Bonchev–Trinajstić information content (AvgIpc) is 2.80. The molecule has 1 fully saturated rings. The van der Waals surface area contributed by atoms with Crippen LogP contribution in [0, 0.1) is 5.92 Å². The minimum Gasteiger partial charge on any atom is -0.493 e. The Morgan fingerprint density at radius 3 is 3.00 bits per heavy atom. The minimum absolute atomic E-state index is 0.00264. The molecule has 0 aliphatic carbocycles. The molecule has 2 rings (SSSR count). The molecule has 92 valence electrons. The minimum atomic E-state index is -0.842. The van der Waals surface area contributed by atoms with E-state index in [1.54, 1.807) is 6.07 Å². The summed E-state index contributed by atoms with van der Waals surface area (Å²) in [6, 6.07) is 7.28. The normalized spacial score (nSPS) is 19.2. The fraction of sp³-hybridized carbons (Fsp3) is 0.462. The monoisotopic (exact) mass is 236 g/mol. The Morgan fingerprint density at radius 2 is 2.29 bits per heavy atom. The second-order valence-corrected chi connectivity index (χ2v) is 4.22. The summed E-state index contributed by atoms with van der Waals surface area (Å²) < 4.78 is 10.9. The van der Waals surface area contributed by atoms with Crippen LogP contribution < -0.4 is 4.74 Å². The molecule has 1 unspecified atom stereocenters. The molecule has 0 spiro atoms. The molecule has 1 saturated heterocycles. The van der Waals surface area contributed by atoms with Crippen molar-refractivity contribution in [2.45, 2.75) is 12.8 Å². The number of hydrogen-bond acceptors (Lipinski definition) is 3. The van der Waals surface area contributed by atoms with Crippen LogP contribution >= 0.6 is 0 Å². The van der Waals surface area contributed by atoms with Crippen LogP contribution in [0.15, 0.2) is 24.3 Å². The number of carboxylic acids is 1. The lowest BCUT2D eigenvalue weighted by molar-refractivity contribution is -0.136. The van der Waals surface area contributed by atoms with Gasteiger partial charge in [0.2, 0.25) is 0 Å². The highest BCUT2D eigenvalue weighted by Gasteiger charge is 2.17. The van der Waals surface area contributed by atoms with Crippen LogP contribution in [0.4, 0.5) is 0 Å². The van der Waals surface area contributed by atoms with Crippen LogP contribution in [0.5, 0.6) is 5.75 Å². The summed E-state index contributed by atoms with van der Waals surface area (Å²) in [6.07, 6.45) is 1.01. The Morgan fingerprint density at radius 1 is 1.47 bits per heavy atom. The smallest absolute Gasteiger partial charge is 0.307 e. The van der Waals surface area contributed by atoms with E-state index in [0.717, 1.165) is 25.2 Å². The summed E-state index contributed by atoms with van der Waals surface area (Å²) in [4.78, 5) is 10.7. The van der Waals surface area contributed by atoms with Crippen LogP contribution in [-0.2, 0) is 16.0 Å². The van der Waals surface area contributed by atoms with Gasteiger partial charge in [-0.05, 0) is 12.5 Å². The van der Waals surface area contributed by atoms with Gasteiger partial charge >= 0.3 is 5.97 Å². The van der Waals surface area contributed by atoms with E-state index in [2.05, 4.69) is 0 Å². The molecule has 0 saturated carbocycles. The topological polar surface area (TPSA) is 55.8 Å². The summed E-state index contributed by atoms with van der Waals surface area (Å²) >= 11 is 0. The van der Waals surface area contributed by atoms with Crippen molar-refractivity contribution in [2.24, 2.45) is 5.92 Å². The highest BCUT2D eigenvalue weighted by molar-refractivity contribution is 5.71. The summed E-state index contributed by atoms with van der Waals surface area (Å²) in [5.74, 6) is 0.250. The van der Waals surface area contributed by atoms with Crippen molar-refractivity contribution in [3.05, 3.63) is 29.8 Å². The molecule has 1 aliphatic rings. The van der Waals surface area contributed by atoms with Gasteiger partial charge < -0.3 is 14.6 Å². The zero-order chi connectivity index (χ0) is 12.1. The first-order valence-electron chi connectivity index (χ1n) is 5.76. The van der Waals surface area contributed by atoms with Crippen LogP contribution in [0.3, 0.4) is 0 Å². The summed E-state index contributed by atoms with van der Waals surface area (Å²) in [6.45, 7) is 2.13. The molecule has 0 amide bonds. The molecular weight excluding hydrogens is 220 g/mol. The van der Waals surface area contributed by atoms with Gasteiger partial charge in [-0.25, -0.2) is 0 Å². The SMILES string of the molecule is O=C(O)Cc1ccccc1OCC1CCOC1. The maximum absolute atomic E-state index is 10.7. The van der Waals surface area contributed by atoms with Crippen molar-refractivity contribution in [1.82, 2.24) is 0 Å². The number of rotatable bonds is 5. The highest BCUT2D eigenvalue weighted by Crippen LogP contribution is 2.21. The average molecular weight is 236 g/mol. The Balaban J connectivity index is 1.96. The molecule has 1 aromatic carbocycles. The third kappa shape index (κ3) is 3.46. The van der Waals surface area contributed by atoms with Gasteiger partial charge in [-0.1, -0.05) is 18.2 Å². The maximum atomic E-state index is 10.7. The predicted octanol–water partition coefficient (Wildman–Crippen LogP) is 1.73. The highest BCUT2D eigenvalue weighted by atomic mass is 16.5. The lowest BCUT2D eigenvalue weighted by atomic mass is 10.1. The molecule has 0 radical (unpaired) electrons. The quantitative estimate of drug-likeness (QED) is 0.845. The molecule has 0 bridgehead atoms. The van der Waals surface area contributed by atoms with Crippen LogP contribution in [-0.4, -0.2) is 30.9 Å². The van der Waals surface area contributed by atoms with Crippen LogP contribution in [0.2, 0.25) is 0 Å². The third-order valence-electron chi connectivity index (χ3n) is 2.81. The molecule has 1 heterocycles. The summed E-state index contributed by atoms with van der Waals surface area (Å²) in [5, 5.41) is 8.80. The summed E-state index contributed by atoms with van der Waals surface area (Å²) in [7, 11) is 0. The molecule has 4 nitrogen and oxygen atoms in total. The van der Waals surface area contributed by atoms with E-state index in [-0.39, 0.29) is 6.42 Å². The number of carbonyl (C=O) groups is 1. The third-order valence-corrected chi connectivity index (χ3v) is 2.81. The first kappa shape index (κ1) is 11.9. The molecule has 17 heavy (non-hydrogen) atoms. The Hall–Kier alpha value is -1.55. The number of para-hydroxylation sites is 1. The predicted molar refractivity (Wildman–Crippen MR) is 62.2 cm³/mol. The van der Waals surface area contributed by atoms with Gasteiger partial charge in [0.25, 0.3) is 0 Å². The zero-order valence-electron chi connectivity index (χ0n) is 9.59. The molecule has 0 aromatic heterocycles. The van der Waals surface area contributed by atoms with Crippen molar-refractivity contribution >= 4 is 5.97 Å². The van der Waals surface area contributed by atoms with Gasteiger partial charge in [-0.2, -0.15) is 0 Å². The fourth-order valence-corrected chi connectivity index (χ4v) is 1.88. The molecular formula is C13H16O4. The Bertz CT molecular complexity index is 383. The first-order valence-corrected chi connectivity index (χ1v) is 5.76. The zero-order valence-corrected chi connectivity index (χ0v) is 9.59. The maximum Gasteiger partial charge on any atom is 0.307 e. The van der Waals surface area contributed by atoms with Crippen LogP contribution in [0.25, 0.3) is 0 Å². The van der Waals surface area contributed by atoms with Gasteiger partial charge in [0.05, 0.1) is 19.6 Å². The molecule has 1 aromatic rings. The van der Waals surface area contributed by atoms with E-state index in [1.807, 2.05) is 18.2 Å². The van der Waals surface area contributed by atoms with E-state index >= 15 is 0 Å². The molecule has 1 atom stereocenters. The number of aliphatic carboxylic acids is 1. The Labute approximate surface area is 100 Å². The van der Waals surface area contributed by atoms with Gasteiger partial charge in [-0.3, -0.25) is 4.79 Å². The number of benzene rings is 1. The summed E-state index contributed by atoms with van der Waals surface area (Å²) in [5.41, 5.74) is 0.721. The number of hydrogen-bond donors (Lipinski definition) is 1. The van der Waals surface area contributed by atoms with E-state index in [1.165, 1.54) is 0 Å². The van der Waals surface area contributed by atoms with Gasteiger partial charge in [0, 0.05) is 18.1 Å². The van der Waals surface area contributed by atoms with Crippen molar-refractivity contribution in [2.75, 3.05) is 19.8 Å². The number of carboxylic acid groups (broad SMARTS) is 1.